The van der Waals surface area contributed by atoms with Gasteiger partial charge in [-0.15, -0.1) is 0 Å². The number of ether oxygens (including phenoxy) is 2. The molecule has 1 saturated carbocycles. The van der Waals surface area contributed by atoms with Crippen molar-refractivity contribution in [3.05, 3.63) is 23.8 Å². The Hall–Kier alpha value is -1.71. The van der Waals surface area contributed by atoms with Gasteiger partial charge in [-0.1, -0.05) is 18.6 Å². The summed E-state index contributed by atoms with van der Waals surface area (Å²) in [6.45, 7) is 0. The normalized spacial score (nSPS) is 17.1. The molecule has 2 rings (SSSR count). The van der Waals surface area contributed by atoms with Gasteiger partial charge in [-0.2, -0.15) is 0 Å². The van der Waals surface area contributed by atoms with Crippen LogP contribution < -0.4 is 9.47 Å². The number of carboxylic acid groups (broad SMARTS) is 1. The van der Waals surface area contributed by atoms with Crippen molar-refractivity contribution in [2.75, 3.05) is 14.2 Å². The number of carbonyl (C=O) groups is 1. The second-order valence-electron chi connectivity index (χ2n) is 4.28. The van der Waals surface area contributed by atoms with Gasteiger partial charge < -0.3 is 14.6 Å². The van der Waals surface area contributed by atoms with Crippen LogP contribution in [0, 0.1) is 0 Å². The van der Waals surface area contributed by atoms with Gasteiger partial charge in [0.25, 0.3) is 0 Å². The van der Waals surface area contributed by atoms with Crippen LogP contribution in [0.4, 0.5) is 0 Å². The Morgan fingerprint density at radius 2 is 2.00 bits per heavy atom. The summed E-state index contributed by atoms with van der Waals surface area (Å²) in [5.41, 5.74) is -0.0713. The summed E-state index contributed by atoms with van der Waals surface area (Å²) in [6.07, 6.45) is 2.25. The average molecular weight is 236 g/mol. The molecule has 0 saturated heterocycles. The minimum Gasteiger partial charge on any atom is -0.493 e. The van der Waals surface area contributed by atoms with Crippen LogP contribution in [0.15, 0.2) is 18.2 Å². The topological polar surface area (TPSA) is 55.8 Å². The van der Waals surface area contributed by atoms with Gasteiger partial charge in [-0.05, 0) is 18.9 Å². The predicted octanol–water partition coefficient (Wildman–Crippen LogP) is 2.21. The summed E-state index contributed by atoms with van der Waals surface area (Å²) in [5, 5.41) is 9.42. The Kier molecular flexibility index (Phi) is 2.96. The molecule has 4 nitrogen and oxygen atoms in total. The Morgan fingerprint density at radius 3 is 2.41 bits per heavy atom. The second kappa shape index (κ2) is 4.28. The number of carboxylic acids is 1. The zero-order valence-electron chi connectivity index (χ0n) is 10.0. The lowest BCUT2D eigenvalue weighted by Crippen LogP contribution is -2.42. The number of para-hydroxylation sites is 1. The maximum absolute atomic E-state index is 11.5. The third-order valence-corrected chi connectivity index (χ3v) is 3.54. The average Bonchev–Trinajstić information content (AvgIpc) is 2.26. The molecule has 1 fully saturated rings. The van der Waals surface area contributed by atoms with Crippen LogP contribution in [-0.2, 0) is 10.2 Å². The lowest BCUT2D eigenvalue weighted by molar-refractivity contribution is -0.147. The molecule has 1 aliphatic carbocycles. The van der Waals surface area contributed by atoms with Gasteiger partial charge in [0, 0.05) is 5.56 Å². The molecule has 1 aromatic rings. The first-order valence-electron chi connectivity index (χ1n) is 5.60. The fourth-order valence-electron chi connectivity index (χ4n) is 2.39. The monoisotopic (exact) mass is 236 g/mol. The highest BCUT2D eigenvalue weighted by Gasteiger charge is 2.48. The molecule has 0 radical (unpaired) electrons. The van der Waals surface area contributed by atoms with Gasteiger partial charge in [0.2, 0.25) is 0 Å². The van der Waals surface area contributed by atoms with Crippen LogP contribution >= 0.6 is 0 Å². The highest BCUT2D eigenvalue weighted by molar-refractivity contribution is 5.84. The summed E-state index contributed by atoms with van der Waals surface area (Å²) < 4.78 is 10.5. The van der Waals surface area contributed by atoms with Gasteiger partial charge in [-0.25, -0.2) is 0 Å². The molecular formula is C13H16O4. The molecule has 0 aliphatic heterocycles. The van der Waals surface area contributed by atoms with Crippen molar-refractivity contribution < 1.29 is 19.4 Å². The predicted molar refractivity (Wildman–Crippen MR) is 62.7 cm³/mol. The highest BCUT2D eigenvalue weighted by Crippen LogP contribution is 2.49. The van der Waals surface area contributed by atoms with Crippen molar-refractivity contribution in [1.82, 2.24) is 0 Å². The van der Waals surface area contributed by atoms with Crippen molar-refractivity contribution >= 4 is 5.97 Å². The van der Waals surface area contributed by atoms with Gasteiger partial charge in [0.05, 0.1) is 19.6 Å². The SMILES string of the molecule is COc1cccc(C2(C(=O)O)CCC2)c1OC. The van der Waals surface area contributed by atoms with E-state index in [9.17, 15) is 9.90 Å². The van der Waals surface area contributed by atoms with E-state index in [1.165, 1.54) is 7.11 Å². The maximum Gasteiger partial charge on any atom is 0.314 e. The van der Waals surface area contributed by atoms with Crippen LogP contribution in [0.5, 0.6) is 11.5 Å². The first-order chi connectivity index (χ1) is 8.15. The van der Waals surface area contributed by atoms with Gasteiger partial charge >= 0.3 is 5.97 Å². The number of hydrogen-bond donors (Lipinski definition) is 1. The number of methoxy groups -OCH3 is 2. The first-order valence-corrected chi connectivity index (χ1v) is 5.60. The largest absolute Gasteiger partial charge is 0.493 e. The summed E-state index contributed by atoms with van der Waals surface area (Å²) >= 11 is 0. The maximum atomic E-state index is 11.5. The van der Waals surface area contributed by atoms with Gasteiger partial charge in [0.15, 0.2) is 11.5 Å². The van der Waals surface area contributed by atoms with Gasteiger partial charge in [0.1, 0.15) is 0 Å². The molecule has 1 aliphatic rings. The summed E-state index contributed by atoms with van der Waals surface area (Å²) in [5.74, 6) is 0.338. The molecule has 92 valence electrons. The zero-order valence-corrected chi connectivity index (χ0v) is 10.0. The van der Waals surface area contributed by atoms with E-state index in [-0.39, 0.29) is 0 Å². The second-order valence-corrected chi connectivity index (χ2v) is 4.28. The molecule has 0 atom stereocenters. The van der Waals surface area contributed by atoms with Gasteiger partial charge in [-0.3, -0.25) is 4.79 Å². The minimum atomic E-state index is -0.792. The Morgan fingerprint density at radius 1 is 1.29 bits per heavy atom. The first kappa shape index (κ1) is 11.8. The fraction of sp³-hybridized carbons (Fsp3) is 0.462. The van der Waals surface area contributed by atoms with Crippen LogP contribution in [0.25, 0.3) is 0 Å². The molecular weight excluding hydrogens is 220 g/mol. The van der Waals surface area contributed by atoms with E-state index in [1.807, 2.05) is 6.07 Å². The number of rotatable bonds is 4. The zero-order chi connectivity index (χ0) is 12.5. The van der Waals surface area contributed by atoms with Crippen molar-refractivity contribution in [3.63, 3.8) is 0 Å². The van der Waals surface area contributed by atoms with Crippen LogP contribution in [0.3, 0.4) is 0 Å². The Labute approximate surface area is 100 Å². The third-order valence-electron chi connectivity index (χ3n) is 3.54. The Balaban J connectivity index is 2.54. The smallest absolute Gasteiger partial charge is 0.314 e. The van der Waals surface area contributed by atoms with Crippen LogP contribution in [-0.4, -0.2) is 25.3 Å². The molecule has 0 spiro atoms. The molecule has 1 aromatic carbocycles. The van der Waals surface area contributed by atoms with E-state index < -0.39 is 11.4 Å². The van der Waals surface area contributed by atoms with E-state index >= 15 is 0 Å². The van der Waals surface area contributed by atoms with E-state index in [2.05, 4.69) is 0 Å². The molecule has 4 heteroatoms. The third kappa shape index (κ3) is 1.64. The number of benzene rings is 1. The summed E-state index contributed by atoms with van der Waals surface area (Å²) in [7, 11) is 3.09. The molecule has 0 unspecified atom stereocenters. The standard InChI is InChI=1S/C13H16O4/c1-16-10-6-3-5-9(11(10)17-2)13(12(14)15)7-4-8-13/h3,5-6H,4,7-8H2,1-2H3,(H,14,15). The molecule has 0 bridgehead atoms. The molecule has 0 heterocycles. The quantitative estimate of drug-likeness (QED) is 0.870. The van der Waals surface area contributed by atoms with Crippen molar-refractivity contribution in [3.8, 4) is 11.5 Å². The van der Waals surface area contributed by atoms with Crippen molar-refractivity contribution in [2.24, 2.45) is 0 Å². The van der Waals surface area contributed by atoms with E-state index in [1.54, 1.807) is 19.2 Å². The molecule has 1 N–H and O–H groups in total. The van der Waals surface area contributed by atoms with Crippen molar-refractivity contribution in [2.45, 2.75) is 24.7 Å². The molecule has 17 heavy (non-hydrogen) atoms. The van der Waals surface area contributed by atoms with Crippen LogP contribution in [0.1, 0.15) is 24.8 Å². The minimum absolute atomic E-state index is 0.539. The lowest BCUT2D eigenvalue weighted by atomic mass is 9.64. The van der Waals surface area contributed by atoms with Crippen LogP contribution in [0.2, 0.25) is 0 Å². The van der Waals surface area contributed by atoms with E-state index in [0.717, 1.165) is 12.0 Å². The lowest BCUT2D eigenvalue weighted by Gasteiger charge is -2.39. The summed E-state index contributed by atoms with van der Waals surface area (Å²) in [4.78, 5) is 11.5. The number of hydrogen-bond acceptors (Lipinski definition) is 3. The van der Waals surface area contributed by atoms with Crippen molar-refractivity contribution in [1.29, 1.82) is 0 Å². The highest BCUT2D eigenvalue weighted by atomic mass is 16.5. The Bertz CT molecular complexity index is 435. The fourth-order valence-corrected chi connectivity index (χ4v) is 2.39. The van der Waals surface area contributed by atoms with E-state index in [0.29, 0.717) is 24.3 Å². The number of aliphatic carboxylic acids is 1. The molecule has 0 amide bonds. The molecule has 0 aromatic heterocycles. The van der Waals surface area contributed by atoms with E-state index in [4.69, 9.17) is 9.47 Å². The summed E-state index contributed by atoms with van der Waals surface area (Å²) in [6, 6.07) is 5.39.